The van der Waals surface area contributed by atoms with Gasteiger partial charge in [-0.25, -0.2) is 9.59 Å². The summed E-state index contributed by atoms with van der Waals surface area (Å²) in [6.07, 6.45) is 2.58. The Labute approximate surface area is 148 Å². The average molecular weight is 365 g/mol. The summed E-state index contributed by atoms with van der Waals surface area (Å²) >= 11 is 7.17. The minimum atomic E-state index is -0.996. The standard InChI is InChI=1S/C17H17ClN2O3S/c1-9-2-7-12-13(8-9)24-15(14(12)16(21)22)20-17(23)19-11-5-3-10(18)4-6-11/h3-6,9H,2,7-8H2,1H3,(H,21,22)(H2,19,20,23). The molecule has 7 heteroatoms. The van der Waals surface area contributed by atoms with Crippen molar-refractivity contribution in [3.8, 4) is 0 Å². The molecule has 0 bridgehead atoms. The quantitative estimate of drug-likeness (QED) is 0.727. The fourth-order valence-electron chi connectivity index (χ4n) is 2.86. The predicted molar refractivity (Wildman–Crippen MR) is 96.6 cm³/mol. The summed E-state index contributed by atoms with van der Waals surface area (Å²) in [5.41, 5.74) is 1.68. The van der Waals surface area contributed by atoms with Gasteiger partial charge in [-0.05, 0) is 55.0 Å². The Bertz CT molecular complexity index is 786. The van der Waals surface area contributed by atoms with Crippen LogP contribution in [0.25, 0.3) is 0 Å². The lowest BCUT2D eigenvalue weighted by Gasteiger charge is -2.17. The van der Waals surface area contributed by atoms with E-state index in [1.807, 2.05) is 0 Å². The monoisotopic (exact) mass is 364 g/mol. The van der Waals surface area contributed by atoms with Crippen LogP contribution in [0.2, 0.25) is 5.02 Å². The van der Waals surface area contributed by atoms with Crippen molar-refractivity contribution in [3.05, 3.63) is 45.3 Å². The maximum atomic E-state index is 12.2. The van der Waals surface area contributed by atoms with E-state index >= 15 is 0 Å². The van der Waals surface area contributed by atoms with Crippen LogP contribution in [-0.2, 0) is 12.8 Å². The van der Waals surface area contributed by atoms with Gasteiger partial charge in [0.25, 0.3) is 0 Å². The lowest BCUT2D eigenvalue weighted by molar-refractivity contribution is 0.0697. The fraction of sp³-hybridized carbons (Fsp3) is 0.294. The normalized spacial score (nSPS) is 16.3. The van der Waals surface area contributed by atoms with E-state index in [1.165, 1.54) is 11.3 Å². The number of carbonyl (C=O) groups is 2. The number of benzene rings is 1. The highest BCUT2D eigenvalue weighted by atomic mass is 35.5. The maximum absolute atomic E-state index is 12.2. The minimum Gasteiger partial charge on any atom is -0.478 e. The molecule has 24 heavy (non-hydrogen) atoms. The number of carbonyl (C=O) groups excluding carboxylic acids is 1. The van der Waals surface area contributed by atoms with Crippen LogP contribution in [0.4, 0.5) is 15.5 Å². The van der Waals surface area contributed by atoms with E-state index in [0.29, 0.717) is 21.6 Å². The van der Waals surface area contributed by atoms with Crippen LogP contribution < -0.4 is 10.6 Å². The van der Waals surface area contributed by atoms with Gasteiger partial charge in [0.1, 0.15) is 5.00 Å². The molecule has 3 rings (SSSR count). The van der Waals surface area contributed by atoms with Crippen molar-refractivity contribution in [1.82, 2.24) is 0 Å². The van der Waals surface area contributed by atoms with Crippen LogP contribution >= 0.6 is 22.9 Å². The molecule has 3 N–H and O–H groups in total. The molecule has 1 atom stereocenters. The highest BCUT2D eigenvalue weighted by molar-refractivity contribution is 7.17. The van der Waals surface area contributed by atoms with Gasteiger partial charge in [-0.3, -0.25) is 5.32 Å². The molecule has 1 heterocycles. The number of amides is 2. The van der Waals surface area contributed by atoms with Gasteiger partial charge in [0.2, 0.25) is 0 Å². The van der Waals surface area contributed by atoms with Crippen molar-refractivity contribution < 1.29 is 14.7 Å². The number of fused-ring (bicyclic) bond motifs is 1. The largest absolute Gasteiger partial charge is 0.478 e. The first-order valence-corrected chi connectivity index (χ1v) is 8.85. The molecule has 1 aliphatic carbocycles. The molecular formula is C17H17ClN2O3S. The number of urea groups is 1. The van der Waals surface area contributed by atoms with Gasteiger partial charge in [-0.15, -0.1) is 11.3 Å². The number of hydrogen-bond acceptors (Lipinski definition) is 3. The summed E-state index contributed by atoms with van der Waals surface area (Å²) in [5, 5.41) is 15.9. The van der Waals surface area contributed by atoms with Crippen molar-refractivity contribution in [2.75, 3.05) is 10.6 Å². The Hall–Kier alpha value is -2.05. The lowest BCUT2D eigenvalue weighted by Crippen LogP contribution is -2.20. The molecule has 0 spiro atoms. The molecule has 5 nitrogen and oxygen atoms in total. The maximum Gasteiger partial charge on any atom is 0.339 e. The number of aromatic carboxylic acids is 1. The highest BCUT2D eigenvalue weighted by Crippen LogP contribution is 2.39. The van der Waals surface area contributed by atoms with Gasteiger partial charge in [0, 0.05) is 15.6 Å². The number of hydrogen-bond donors (Lipinski definition) is 3. The van der Waals surface area contributed by atoms with Crippen LogP contribution in [-0.4, -0.2) is 17.1 Å². The van der Waals surface area contributed by atoms with Crippen molar-refractivity contribution in [2.24, 2.45) is 5.92 Å². The number of carboxylic acid groups (broad SMARTS) is 1. The summed E-state index contributed by atoms with van der Waals surface area (Å²) in [6, 6.07) is 6.24. The zero-order valence-electron chi connectivity index (χ0n) is 13.1. The topological polar surface area (TPSA) is 78.4 Å². The molecule has 0 aliphatic heterocycles. The van der Waals surface area contributed by atoms with Crippen molar-refractivity contribution >= 4 is 45.6 Å². The van der Waals surface area contributed by atoms with E-state index in [9.17, 15) is 14.7 Å². The third kappa shape index (κ3) is 3.55. The second-order valence-corrected chi connectivity index (χ2v) is 7.49. The Kier molecular flexibility index (Phi) is 4.78. The zero-order valence-corrected chi connectivity index (χ0v) is 14.6. The second kappa shape index (κ2) is 6.83. The van der Waals surface area contributed by atoms with Crippen molar-refractivity contribution in [3.63, 3.8) is 0 Å². The third-order valence-corrected chi connectivity index (χ3v) is 5.48. The second-order valence-electron chi connectivity index (χ2n) is 5.95. The van der Waals surface area contributed by atoms with E-state index in [2.05, 4.69) is 17.6 Å². The SMILES string of the molecule is CC1CCc2c(sc(NC(=O)Nc3ccc(Cl)cc3)c2C(=O)O)C1. The minimum absolute atomic E-state index is 0.230. The first-order valence-electron chi connectivity index (χ1n) is 7.65. The average Bonchev–Trinajstić information content (AvgIpc) is 2.86. The zero-order chi connectivity index (χ0) is 17.3. The Morgan fingerprint density at radius 1 is 1.25 bits per heavy atom. The van der Waals surface area contributed by atoms with Gasteiger partial charge in [0.15, 0.2) is 0 Å². The highest BCUT2D eigenvalue weighted by Gasteiger charge is 2.28. The van der Waals surface area contributed by atoms with Gasteiger partial charge >= 0.3 is 12.0 Å². The molecule has 0 fully saturated rings. The summed E-state index contributed by atoms with van der Waals surface area (Å²) in [7, 11) is 0. The summed E-state index contributed by atoms with van der Waals surface area (Å²) in [4.78, 5) is 24.9. The summed E-state index contributed by atoms with van der Waals surface area (Å²) in [6.45, 7) is 2.16. The number of halogens is 1. The molecule has 1 unspecified atom stereocenters. The molecular weight excluding hydrogens is 348 g/mol. The van der Waals surface area contributed by atoms with E-state index in [1.54, 1.807) is 24.3 Å². The number of carboxylic acids is 1. The van der Waals surface area contributed by atoms with E-state index in [4.69, 9.17) is 11.6 Å². The Morgan fingerprint density at radius 3 is 2.62 bits per heavy atom. The summed E-state index contributed by atoms with van der Waals surface area (Å²) in [5.74, 6) is -0.461. The van der Waals surface area contributed by atoms with Gasteiger partial charge in [0.05, 0.1) is 5.56 Å². The molecule has 2 amide bonds. The van der Waals surface area contributed by atoms with Crippen LogP contribution in [0, 0.1) is 5.92 Å². The van der Waals surface area contributed by atoms with Crippen molar-refractivity contribution in [1.29, 1.82) is 0 Å². The number of anilines is 2. The van der Waals surface area contributed by atoms with Gasteiger partial charge < -0.3 is 10.4 Å². The molecule has 1 aromatic heterocycles. The molecule has 1 aromatic carbocycles. The first kappa shape index (κ1) is 16.8. The van der Waals surface area contributed by atoms with E-state index in [-0.39, 0.29) is 5.56 Å². The molecule has 1 aliphatic rings. The number of thiophene rings is 1. The molecule has 0 radical (unpaired) electrons. The first-order chi connectivity index (χ1) is 11.4. The molecule has 126 valence electrons. The van der Waals surface area contributed by atoms with Gasteiger partial charge in [-0.1, -0.05) is 18.5 Å². The van der Waals surface area contributed by atoms with Gasteiger partial charge in [-0.2, -0.15) is 0 Å². The molecule has 2 aromatic rings. The smallest absolute Gasteiger partial charge is 0.339 e. The van der Waals surface area contributed by atoms with Crippen LogP contribution in [0.15, 0.2) is 24.3 Å². The molecule has 0 saturated carbocycles. The van der Waals surface area contributed by atoms with Crippen LogP contribution in [0.3, 0.4) is 0 Å². The number of rotatable bonds is 3. The van der Waals surface area contributed by atoms with Crippen molar-refractivity contribution in [2.45, 2.75) is 26.2 Å². The Morgan fingerprint density at radius 2 is 1.96 bits per heavy atom. The van der Waals surface area contributed by atoms with Crippen LogP contribution in [0.5, 0.6) is 0 Å². The third-order valence-electron chi connectivity index (χ3n) is 4.05. The predicted octanol–water partition coefficient (Wildman–Crippen LogP) is 4.87. The number of nitrogens with one attached hydrogen (secondary N) is 2. The van der Waals surface area contributed by atoms with E-state index < -0.39 is 12.0 Å². The summed E-state index contributed by atoms with van der Waals surface area (Å²) < 4.78 is 0. The van der Waals surface area contributed by atoms with Crippen LogP contribution in [0.1, 0.15) is 34.1 Å². The fourth-order valence-corrected chi connectivity index (χ4v) is 4.39. The lowest BCUT2D eigenvalue weighted by atomic mass is 9.88. The Balaban J connectivity index is 1.80. The molecule has 0 saturated heterocycles. The van der Waals surface area contributed by atoms with E-state index in [0.717, 1.165) is 29.7 Å².